The van der Waals surface area contributed by atoms with Crippen molar-refractivity contribution in [2.24, 2.45) is 0 Å². The molecule has 0 heterocycles. The molecule has 0 aliphatic rings. The average Bonchev–Trinajstić information content (AvgIpc) is 2.45. The highest BCUT2D eigenvalue weighted by Gasteiger charge is 2.25. The second-order valence-electron chi connectivity index (χ2n) is 4.74. The molecule has 0 N–H and O–H groups in total. The van der Waals surface area contributed by atoms with Gasteiger partial charge in [0.1, 0.15) is 18.1 Å². The normalized spacial score (nSPS) is 11.3. The van der Waals surface area contributed by atoms with E-state index in [1.165, 1.54) is 6.07 Å². The van der Waals surface area contributed by atoms with Crippen molar-refractivity contribution in [1.82, 2.24) is 0 Å². The van der Waals surface area contributed by atoms with E-state index in [-0.39, 0.29) is 6.61 Å². The van der Waals surface area contributed by atoms with E-state index >= 15 is 0 Å². The average molecular weight is 295 g/mol. The van der Waals surface area contributed by atoms with E-state index in [9.17, 15) is 12.9 Å². The Bertz CT molecular complexity index is 627. The Balaban J connectivity index is 2.10. The molecule has 112 valence electrons. The molecule has 0 spiro atoms. The first-order chi connectivity index (χ1) is 9.90. The molecule has 2 nitrogen and oxygen atoms in total. The molecule has 0 aliphatic carbocycles. The number of ether oxygens (including phenoxy) is 2. The first-order valence-electron chi connectivity index (χ1n) is 6.46. The topological polar surface area (TPSA) is 18.5 Å². The summed E-state index contributed by atoms with van der Waals surface area (Å²) in [6.45, 7) is -3.10. The summed E-state index contributed by atoms with van der Waals surface area (Å²) < 4.78 is 48.6. The number of halogens is 3. The standard InChI is InChI=1S/C15H15BF3O2/c1-11-8-13(16(17,18)19)6-7-15(11)21-10-12-4-3-5-14(9-12)20-2/h3-9H,10H2,1-2H3/q-1. The molecule has 0 saturated heterocycles. The van der Waals surface area contributed by atoms with Gasteiger partial charge in [-0.1, -0.05) is 24.3 Å². The Morgan fingerprint density at radius 3 is 2.43 bits per heavy atom. The Hall–Kier alpha value is -2.11. The number of hydrogen-bond donors (Lipinski definition) is 0. The molecule has 2 aromatic carbocycles. The number of benzene rings is 2. The van der Waals surface area contributed by atoms with E-state index in [0.29, 0.717) is 17.1 Å². The number of aryl methyl sites for hydroxylation is 1. The highest BCUT2D eigenvalue weighted by Crippen LogP contribution is 2.21. The lowest BCUT2D eigenvalue weighted by Crippen LogP contribution is -2.34. The molecule has 2 aromatic rings. The van der Waals surface area contributed by atoms with E-state index < -0.39 is 12.4 Å². The highest BCUT2D eigenvalue weighted by molar-refractivity contribution is 6.73. The van der Waals surface area contributed by atoms with Gasteiger partial charge in [-0.25, -0.2) is 0 Å². The third kappa shape index (κ3) is 3.94. The van der Waals surface area contributed by atoms with Gasteiger partial charge in [-0.3, -0.25) is 0 Å². The van der Waals surface area contributed by atoms with Crippen LogP contribution in [0.25, 0.3) is 0 Å². The largest absolute Gasteiger partial charge is 0.509 e. The molecule has 2 rings (SSSR count). The maximum atomic E-state index is 12.6. The molecule has 0 saturated carbocycles. The van der Waals surface area contributed by atoms with Crippen molar-refractivity contribution in [3.8, 4) is 11.5 Å². The van der Waals surface area contributed by atoms with Crippen LogP contribution in [0, 0.1) is 6.92 Å². The van der Waals surface area contributed by atoms with Gasteiger partial charge in [0.05, 0.1) is 7.11 Å². The predicted molar refractivity (Wildman–Crippen MR) is 77.2 cm³/mol. The third-order valence-electron chi connectivity index (χ3n) is 3.11. The molecule has 0 aliphatic heterocycles. The van der Waals surface area contributed by atoms with Gasteiger partial charge in [0.15, 0.2) is 0 Å². The monoisotopic (exact) mass is 295 g/mol. The number of rotatable bonds is 5. The second-order valence-corrected chi connectivity index (χ2v) is 4.74. The van der Waals surface area contributed by atoms with Crippen molar-refractivity contribution in [2.75, 3.05) is 7.11 Å². The molecule has 0 unspecified atom stereocenters. The van der Waals surface area contributed by atoms with Crippen LogP contribution >= 0.6 is 0 Å². The Morgan fingerprint density at radius 1 is 1.05 bits per heavy atom. The fourth-order valence-electron chi connectivity index (χ4n) is 1.96. The van der Waals surface area contributed by atoms with Gasteiger partial charge in [-0.05, 0) is 36.2 Å². The molecule has 0 radical (unpaired) electrons. The Kier molecular flexibility index (Phi) is 4.45. The Morgan fingerprint density at radius 2 is 1.81 bits per heavy atom. The van der Waals surface area contributed by atoms with Crippen LogP contribution < -0.4 is 14.9 Å². The van der Waals surface area contributed by atoms with Crippen LogP contribution in [-0.4, -0.2) is 14.1 Å². The lowest BCUT2D eigenvalue weighted by atomic mass is 9.79. The zero-order valence-corrected chi connectivity index (χ0v) is 11.8. The van der Waals surface area contributed by atoms with Gasteiger partial charge in [-0.15, -0.1) is 5.46 Å². The maximum Gasteiger partial charge on any atom is 0.509 e. The zero-order chi connectivity index (χ0) is 15.5. The van der Waals surface area contributed by atoms with Crippen LogP contribution in [0.1, 0.15) is 11.1 Å². The van der Waals surface area contributed by atoms with Gasteiger partial charge in [0.2, 0.25) is 0 Å². The summed E-state index contributed by atoms with van der Waals surface area (Å²) in [4.78, 5) is 0. The highest BCUT2D eigenvalue weighted by atomic mass is 19.4. The van der Waals surface area contributed by atoms with Crippen molar-refractivity contribution in [3.05, 3.63) is 53.6 Å². The molecular formula is C15H15BF3O2-. The molecule has 6 heteroatoms. The lowest BCUT2D eigenvalue weighted by molar-refractivity contribution is 0.303. The SMILES string of the molecule is COc1cccc(COc2ccc([B-](F)(F)F)cc2C)c1. The van der Waals surface area contributed by atoms with Gasteiger partial charge in [0, 0.05) is 0 Å². The van der Waals surface area contributed by atoms with E-state index in [0.717, 1.165) is 17.7 Å². The van der Waals surface area contributed by atoms with E-state index in [1.54, 1.807) is 14.0 Å². The van der Waals surface area contributed by atoms with E-state index in [1.807, 2.05) is 24.3 Å². The quantitative estimate of drug-likeness (QED) is 0.784. The van der Waals surface area contributed by atoms with Crippen molar-refractivity contribution in [2.45, 2.75) is 13.5 Å². The minimum atomic E-state index is -4.98. The summed E-state index contributed by atoms with van der Waals surface area (Å²) in [5, 5.41) is 0. The van der Waals surface area contributed by atoms with E-state index in [2.05, 4.69) is 0 Å². The molecule has 0 amide bonds. The predicted octanol–water partition coefficient (Wildman–Crippen LogP) is 3.64. The third-order valence-corrected chi connectivity index (χ3v) is 3.11. The summed E-state index contributed by atoms with van der Waals surface area (Å²) >= 11 is 0. The van der Waals surface area contributed by atoms with Crippen molar-refractivity contribution >= 4 is 12.4 Å². The summed E-state index contributed by atoms with van der Waals surface area (Å²) in [6, 6.07) is 10.9. The van der Waals surface area contributed by atoms with Crippen molar-refractivity contribution in [3.63, 3.8) is 0 Å². The van der Waals surface area contributed by atoms with Gasteiger partial charge in [-0.2, -0.15) is 0 Å². The maximum absolute atomic E-state index is 12.6. The van der Waals surface area contributed by atoms with Gasteiger partial charge in [0.25, 0.3) is 0 Å². The molecular weight excluding hydrogens is 280 g/mol. The summed E-state index contributed by atoms with van der Waals surface area (Å²) in [7, 11) is 1.57. The number of methoxy groups -OCH3 is 1. The van der Waals surface area contributed by atoms with Crippen LogP contribution in [-0.2, 0) is 6.61 Å². The lowest BCUT2D eigenvalue weighted by Gasteiger charge is -2.17. The van der Waals surface area contributed by atoms with Crippen molar-refractivity contribution in [1.29, 1.82) is 0 Å². The Labute approximate surface area is 121 Å². The van der Waals surface area contributed by atoms with Crippen LogP contribution in [0.15, 0.2) is 42.5 Å². The molecule has 0 bridgehead atoms. The van der Waals surface area contributed by atoms with Crippen LogP contribution in [0.5, 0.6) is 11.5 Å². The number of hydrogen-bond acceptors (Lipinski definition) is 2. The fourth-order valence-corrected chi connectivity index (χ4v) is 1.96. The zero-order valence-electron chi connectivity index (χ0n) is 11.8. The molecule has 0 fully saturated rings. The van der Waals surface area contributed by atoms with Gasteiger partial charge >= 0.3 is 6.98 Å². The van der Waals surface area contributed by atoms with Crippen LogP contribution in [0.3, 0.4) is 0 Å². The summed E-state index contributed by atoms with van der Waals surface area (Å²) in [5.41, 5.74) is 0.744. The molecule has 0 atom stereocenters. The first-order valence-corrected chi connectivity index (χ1v) is 6.46. The second kappa shape index (κ2) is 6.12. The molecule has 21 heavy (non-hydrogen) atoms. The fraction of sp³-hybridized carbons (Fsp3) is 0.200. The first kappa shape index (κ1) is 15.3. The smallest absolute Gasteiger partial charge is 0.497 e. The van der Waals surface area contributed by atoms with Crippen LogP contribution in [0.4, 0.5) is 12.9 Å². The minimum absolute atomic E-state index is 0.272. The van der Waals surface area contributed by atoms with Gasteiger partial charge < -0.3 is 22.4 Å². The summed E-state index contributed by atoms with van der Waals surface area (Å²) in [6.07, 6.45) is 0. The van der Waals surface area contributed by atoms with Crippen LogP contribution in [0.2, 0.25) is 0 Å². The van der Waals surface area contributed by atoms with Crippen molar-refractivity contribution < 1.29 is 22.4 Å². The summed E-state index contributed by atoms with van der Waals surface area (Å²) in [5.74, 6) is 1.16. The van der Waals surface area contributed by atoms with E-state index in [4.69, 9.17) is 9.47 Å². The molecule has 0 aromatic heterocycles. The minimum Gasteiger partial charge on any atom is -0.497 e.